The number of esters is 1. The summed E-state index contributed by atoms with van der Waals surface area (Å²) in [5.74, 6) is 1.06. The lowest BCUT2D eigenvalue weighted by Gasteiger charge is -2.37. The second-order valence-electron chi connectivity index (χ2n) is 11.3. The predicted octanol–water partition coefficient (Wildman–Crippen LogP) is 8.92. The zero-order valence-corrected chi connectivity index (χ0v) is 24.6. The van der Waals surface area contributed by atoms with Gasteiger partial charge in [-0.25, -0.2) is 4.79 Å². The SMILES string of the molecule is CCN(CC)c1ccc2c(c1)Oc1ccc(Nc3ccc(C(C)(CC)CC)cc3)cc1C21OC(=O)c2ccccc21. The van der Waals surface area contributed by atoms with Crippen molar-refractivity contribution in [3.05, 3.63) is 113 Å². The number of hydrogen-bond acceptors (Lipinski definition) is 5. The summed E-state index contributed by atoms with van der Waals surface area (Å²) in [7, 11) is 0. The summed E-state index contributed by atoms with van der Waals surface area (Å²) in [4.78, 5) is 15.6. The predicted molar refractivity (Wildman–Crippen MR) is 166 cm³/mol. The molecule has 0 aromatic heterocycles. The molecule has 5 nitrogen and oxygen atoms in total. The van der Waals surface area contributed by atoms with E-state index >= 15 is 0 Å². The van der Waals surface area contributed by atoms with Gasteiger partial charge in [-0.15, -0.1) is 0 Å². The third kappa shape index (κ3) is 4.26. The van der Waals surface area contributed by atoms with E-state index in [4.69, 9.17) is 9.47 Å². The lowest BCUT2D eigenvalue weighted by Crippen LogP contribution is -2.33. The molecule has 1 N–H and O–H groups in total. The quantitative estimate of drug-likeness (QED) is 0.224. The maximum absolute atomic E-state index is 13.3. The summed E-state index contributed by atoms with van der Waals surface area (Å²) in [6.45, 7) is 12.9. The summed E-state index contributed by atoms with van der Waals surface area (Å²) in [6.07, 6.45) is 2.20. The summed E-state index contributed by atoms with van der Waals surface area (Å²) in [6, 6.07) is 28.7. The van der Waals surface area contributed by atoms with Crippen LogP contribution in [0, 0.1) is 0 Å². The molecule has 41 heavy (non-hydrogen) atoms. The number of anilines is 3. The van der Waals surface area contributed by atoms with E-state index in [0.717, 1.165) is 59.7 Å². The third-order valence-electron chi connectivity index (χ3n) is 9.26. The number of ether oxygens (including phenoxy) is 2. The van der Waals surface area contributed by atoms with Gasteiger partial charge in [0.25, 0.3) is 0 Å². The van der Waals surface area contributed by atoms with Gasteiger partial charge in [0.2, 0.25) is 0 Å². The smallest absolute Gasteiger partial charge is 0.340 e. The van der Waals surface area contributed by atoms with Gasteiger partial charge in [0.15, 0.2) is 5.60 Å². The number of fused-ring (bicyclic) bond motifs is 6. The Morgan fingerprint density at radius 2 is 1.46 bits per heavy atom. The molecular weight excluding hydrogens is 508 g/mol. The van der Waals surface area contributed by atoms with Crippen molar-refractivity contribution < 1.29 is 14.3 Å². The molecule has 2 heterocycles. The molecule has 0 saturated heterocycles. The molecule has 2 aliphatic heterocycles. The van der Waals surface area contributed by atoms with Gasteiger partial charge in [0, 0.05) is 52.9 Å². The van der Waals surface area contributed by atoms with Crippen molar-refractivity contribution in [1.29, 1.82) is 0 Å². The van der Waals surface area contributed by atoms with Crippen LogP contribution in [0.3, 0.4) is 0 Å². The number of carbonyl (C=O) groups excluding carboxylic acids is 1. The highest BCUT2D eigenvalue weighted by molar-refractivity contribution is 5.97. The number of rotatable bonds is 8. The van der Waals surface area contributed by atoms with Gasteiger partial charge in [-0.3, -0.25) is 0 Å². The molecule has 4 aromatic carbocycles. The van der Waals surface area contributed by atoms with Gasteiger partial charge in [0.05, 0.1) is 5.56 Å². The number of benzene rings is 4. The molecular formula is C36H38N2O3. The first-order valence-corrected chi connectivity index (χ1v) is 14.8. The number of hydrogen-bond donors (Lipinski definition) is 1. The van der Waals surface area contributed by atoms with Crippen LogP contribution in [0.25, 0.3) is 0 Å². The molecule has 2 aliphatic rings. The van der Waals surface area contributed by atoms with Crippen molar-refractivity contribution in [2.75, 3.05) is 23.3 Å². The fourth-order valence-corrected chi connectivity index (χ4v) is 6.31. The van der Waals surface area contributed by atoms with Crippen molar-refractivity contribution in [3.63, 3.8) is 0 Å². The maximum atomic E-state index is 13.3. The van der Waals surface area contributed by atoms with Crippen LogP contribution in [0.1, 0.15) is 80.1 Å². The number of carbonyl (C=O) groups is 1. The standard InChI is InChI=1S/C36H38N2O3/c1-6-35(5,7-2)24-14-16-25(17-15-24)37-26-18-21-32-31(22-26)36(29-13-11-10-12-28(29)34(39)41-36)30-20-19-27(23-33(30)40-32)38(8-3)9-4/h10-23,37H,6-9H2,1-5H3. The highest BCUT2D eigenvalue weighted by Crippen LogP contribution is 2.57. The van der Waals surface area contributed by atoms with Crippen molar-refractivity contribution in [3.8, 4) is 11.5 Å². The minimum absolute atomic E-state index is 0.173. The summed E-state index contributed by atoms with van der Waals surface area (Å²) >= 11 is 0. The Bertz CT molecular complexity index is 1600. The molecule has 0 fully saturated rings. The largest absolute Gasteiger partial charge is 0.456 e. The fourth-order valence-electron chi connectivity index (χ4n) is 6.31. The van der Waals surface area contributed by atoms with E-state index in [2.05, 4.69) is 93.4 Å². The van der Waals surface area contributed by atoms with Crippen LogP contribution in [0.2, 0.25) is 0 Å². The van der Waals surface area contributed by atoms with Crippen molar-refractivity contribution >= 4 is 23.0 Å². The molecule has 1 unspecified atom stereocenters. The molecule has 4 aromatic rings. The Labute approximate surface area is 243 Å². The topological polar surface area (TPSA) is 50.8 Å². The van der Waals surface area contributed by atoms with E-state index < -0.39 is 5.60 Å². The molecule has 1 atom stereocenters. The molecule has 210 valence electrons. The Hall–Kier alpha value is -4.25. The second kappa shape index (κ2) is 10.3. The average molecular weight is 547 g/mol. The first-order chi connectivity index (χ1) is 19.9. The summed E-state index contributed by atoms with van der Waals surface area (Å²) in [5.41, 5.74) is 6.48. The molecule has 0 saturated carbocycles. The van der Waals surface area contributed by atoms with Gasteiger partial charge in [-0.05, 0) is 86.2 Å². The molecule has 0 radical (unpaired) electrons. The van der Waals surface area contributed by atoms with Gasteiger partial charge in [-0.1, -0.05) is 51.1 Å². The summed E-state index contributed by atoms with van der Waals surface area (Å²) in [5, 5.41) is 3.57. The van der Waals surface area contributed by atoms with Crippen LogP contribution in [-0.4, -0.2) is 19.1 Å². The van der Waals surface area contributed by atoms with Crippen molar-refractivity contribution in [2.45, 2.75) is 58.5 Å². The first-order valence-electron chi connectivity index (χ1n) is 14.8. The van der Waals surface area contributed by atoms with E-state index in [0.29, 0.717) is 17.1 Å². The van der Waals surface area contributed by atoms with Gasteiger partial charge >= 0.3 is 5.97 Å². The van der Waals surface area contributed by atoms with Crippen LogP contribution in [-0.2, 0) is 15.8 Å². The van der Waals surface area contributed by atoms with Crippen LogP contribution < -0.4 is 15.0 Å². The zero-order chi connectivity index (χ0) is 28.8. The lowest BCUT2D eigenvalue weighted by molar-refractivity contribution is 0.0224. The van der Waals surface area contributed by atoms with Crippen molar-refractivity contribution in [1.82, 2.24) is 0 Å². The van der Waals surface area contributed by atoms with Crippen LogP contribution in [0.15, 0.2) is 84.9 Å². The normalized spacial score (nSPS) is 16.9. The van der Waals surface area contributed by atoms with Crippen molar-refractivity contribution in [2.24, 2.45) is 0 Å². The van der Waals surface area contributed by atoms with E-state index in [9.17, 15) is 4.79 Å². The molecule has 1 spiro atoms. The fraction of sp³-hybridized carbons (Fsp3) is 0.306. The van der Waals surface area contributed by atoms with Gasteiger partial charge in [0.1, 0.15) is 11.5 Å². The second-order valence-corrected chi connectivity index (χ2v) is 11.3. The van der Waals surface area contributed by atoms with E-state index in [1.165, 1.54) is 5.56 Å². The third-order valence-corrected chi connectivity index (χ3v) is 9.26. The molecule has 6 rings (SSSR count). The van der Waals surface area contributed by atoms with Crippen LogP contribution >= 0.6 is 0 Å². The Morgan fingerprint density at radius 3 is 2.17 bits per heavy atom. The Morgan fingerprint density at radius 1 is 0.756 bits per heavy atom. The Kier molecular flexibility index (Phi) is 6.77. The average Bonchev–Trinajstić information content (AvgIpc) is 3.30. The van der Waals surface area contributed by atoms with E-state index in [-0.39, 0.29) is 11.4 Å². The highest BCUT2D eigenvalue weighted by atomic mass is 16.6. The molecule has 5 heteroatoms. The molecule has 0 amide bonds. The minimum Gasteiger partial charge on any atom is -0.456 e. The number of nitrogens with zero attached hydrogens (tertiary/aromatic N) is 1. The highest BCUT2D eigenvalue weighted by Gasteiger charge is 2.53. The van der Waals surface area contributed by atoms with E-state index in [1.54, 1.807) is 0 Å². The maximum Gasteiger partial charge on any atom is 0.340 e. The zero-order valence-electron chi connectivity index (χ0n) is 24.6. The monoisotopic (exact) mass is 546 g/mol. The van der Waals surface area contributed by atoms with E-state index in [1.807, 2.05) is 36.4 Å². The van der Waals surface area contributed by atoms with Crippen LogP contribution in [0.4, 0.5) is 17.1 Å². The first kappa shape index (κ1) is 26.9. The minimum atomic E-state index is -1.09. The van der Waals surface area contributed by atoms with Crippen LogP contribution in [0.5, 0.6) is 11.5 Å². The van der Waals surface area contributed by atoms with Gasteiger partial charge in [-0.2, -0.15) is 0 Å². The van der Waals surface area contributed by atoms with Gasteiger partial charge < -0.3 is 19.7 Å². The summed E-state index contributed by atoms with van der Waals surface area (Å²) < 4.78 is 12.9. The molecule has 0 bridgehead atoms. The Balaban J connectivity index is 1.44. The molecule has 0 aliphatic carbocycles. The lowest BCUT2D eigenvalue weighted by atomic mass is 9.77. The number of nitrogens with one attached hydrogen (secondary N) is 1.